The van der Waals surface area contributed by atoms with Crippen LogP contribution in [0.4, 0.5) is 5.69 Å². The molecule has 0 radical (unpaired) electrons. The smallest absolute Gasteiger partial charge is 0.230 e. The van der Waals surface area contributed by atoms with Crippen LogP contribution in [0.25, 0.3) is 0 Å². The first-order chi connectivity index (χ1) is 9.71. The van der Waals surface area contributed by atoms with Crippen molar-refractivity contribution in [3.05, 3.63) is 53.9 Å². The fourth-order valence-corrected chi connectivity index (χ4v) is 2.34. The fourth-order valence-electron chi connectivity index (χ4n) is 2.34. The van der Waals surface area contributed by atoms with Crippen LogP contribution in [0.5, 0.6) is 0 Å². The molecule has 1 saturated carbocycles. The minimum Gasteiger partial charge on any atom is -0.399 e. The number of nitrogens with two attached hydrogens (primary N) is 1. The zero-order chi connectivity index (χ0) is 14.0. The number of anilines is 1. The molecule has 2 aromatic rings. The van der Waals surface area contributed by atoms with Crippen molar-refractivity contribution in [2.45, 2.75) is 24.8 Å². The third kappa shape index (κ3) is 2.34. The highest BCUT2D eigenvalue weighted by molar-refractivity contribution is 5.91. The second-order valence-corrected chi connectivity index (χ2v) is 5.10. The number of nitrogens with one attached hydrogen (secondary N) is 1. The molecule has 0 aliphatic heterocycles. The number of carbonyl (C=O) groups is 1. The SMILES string of the molecule is Nc1ccc(C2(C(=O)NCc3cccnn3)CC2)cc1. The van der Waals surface area contributed by atoms with E-state index in [0.717, 1.165) is 24.1 Å². The Morgan fingerprint density at radius 2 is 2.00 bits per heavy atom. The molecule has 5 heteroatoms. The highest BCUT2D eigenvalue weighted by Gasteiger charge is 2.51. The Morgan fingerprint density at radius 1 is 1.25 bits per heavy atom. The second kappa shape index (κ2) is 4.92. The lowest BCUT2D eigenvalue weighted by Crippen LogP contribution is -2.34. The molecule has 102 valence electrons. The minimum absolute atomic E-state index is 0.0490. The molecule has 0 bridgehead atoms. The predicted molar refractivity (Wildman–Crippen MR) is 75.6 cm³/mol. The van der Waals surface area contributed by atoms with Crippen molar-refractivity contribution in [2.75, 3.05) is 5.73 Å². The van der Waals surface area contributed by atoms with Gasteiger partial charge in [0.25, 0.3) is 0 Å². The van der Waals surface area contributed by atoms with Crippen LogP contribution in [-0.4, -0.2) is 16.1 Å². The average Bonchev–Trinajstić information content (AvgIpc) is 3.28. The summed E-state index contributed by atoms with van der Waals surface area (Å²) < 4.78 is 0. The van der Waals surface area contributed by atoms with Crippen molar-refractivity contribution in [2.24, 2.45) is 0 Å². The van der Waals surface area contributed by atoms with E-state index in [1.54, 1.807) is 12.3 Å². The van der Waals surface area contributed by atoms with Gasteiger partial charge < -0.3 is 11.1 Å². The molecule has 20 heavy (non-hydrogen) atoms. The molecule has 3 rings (SSSR count). The highest BCUT2D eigenvalue weighted by atomic mass is 16.2. The van der Waals surface area contributed by atoms with Gasteiger partial charge in [-0.1, -0.05) is 12.1 Å². The summed E-state index contributed by atoms with van der Waals surface area (Å²) in [6.07, 6.45) is 3.37. The van der Waals surface area contributed by atoms with Gasteiger partial charge in [-0.2, -0.15) is 10.2 Å². The average molecular weight is 268 g/mol. The van der Waals surface area contributed by atoms with Gasteiger partial charge in [-0.15, -0.1) is 0 Å². The number of rotatable bonds is 4. The molecule has 1 aliphatic carbocycles. The number of nitrogen functional groups attached to an aromatic ring is 1. The minimum atomic E-state index is -0.379. The van der Waals surface area contributed by atoms with Crippen LogP contribution in [0.3, 0.4) is 0 Å². The Balaban J connectivity index is 1.69. The maximum absolute atomic E-state index is 12.4. The number of aromatic nitrogens is 2. The molecule has 5 nitrogen and oxygen atoms in total. The summed E-state index contributed by atoms with van der Waals surface area (Å²) in [5, 5.41) is 10.7. The molecule has 1 amide bonds. The van der Waals surface area contributed by atoms with Gasteiger partial charge in [0.05, 0.1) is 17.7 Å². The van der Waals surface area contributed by atoms with Crippen molar-refractivity contribution in [3.63, 3.8) is 0 Å². The van der Waals surface area contributed by atoms with Gasteiger partial charge in [-0.3, -0.25) is 4.79 Å². The molecule has 0 atom stereocenters. The number of amides is 1. The van der Waals surface area contributed by atoms with E-state index in [9.17, 15) is 4.79 Å². The van der Waals surface area contributed by atoms with E-state index in [1.165, 1.54) is 0 Å². The first-order valence-electron chi connectivity index (χ1n) is 6.62. The van der Waals surface area contributed by atoms with Crippen LogP contribution in [0, 0.1) is 0 Å². The van der Waals surface area contributed by atoms with E-state index in [0.29, 0.717) is 12.2 Å². The molecular weight excluding hydrogens is 252 g/mol. The van der Waals surface area contributed by atoms with Crippen LogP contribution >= 0.6 is 0 Å². The normalized spacial score (nSPS) is 15.6. The molecule has 0 unspecified atom stereocenters. The number of hydrogen-bond donors (Lipinski definition) is 2. The molecule has 1 aliphatic rings. The maximum Gasteiger partial charge on any atom is 0.230 e. The van der Waals surface area contributed by atoms with E-state index < -0.39 is 0 Å². The molecule has 1 heterocycles. The lowest BCUT2D eigenvalue weighted by atomic mass is 9.95. The van der Waals surface area contributed by atoms with Gasteiger partial charge in [0.15, 0.2) is 0 Å². The fraction of sp³-hybridized carbons (Fsp3) is 0.267. The first kappa shape index (κ1) is 12.6. The Labute approximate surface area is 117 Å². The number of carbonyl (C=O) groups excluding carboxylic acids is 1. The van der Waals surface area contributed by atoms with E-state index in [4.69, 9.17) is 5.73 Å². The van der Waals surface area contributed by atoms with Crippen molar-refractivity contribution < 1.29 is 4.79 Å². The first-order valence-corrected chi connectivity index (χ1v) is 6.62. The molecule has 1 aromatic carbocycles. The summed E-state index contributed by atoms with van der Waals surface area (Å²) in [6.45, 7) is 0.406. The number of hydrogen-bond acceptors (Lipinski definition) is 4. The monoisotopic (exact) mass is 268 g/mol. The van der Waals surface area contributed by atoms with Crippen LogP contribution in [0.1, 0.15) is 24.1 Å². The van der Waals surface area contributed by atoms with Gasteiger partial charge in [0.1, 0.15) is 0 Å². The standard InChI is InChI=1S/C15H16N4O/c16-12-5-3-11(4-6-12)15(7-8-15)14(20)17-10-13-2-1-9-18-19-13/h1-6,9H,7-8,10,16H2,(H,17,20). The van der Waals surface area contributed by atoms with Gasteiger partial charge in [0, 0.05) is 11.9 Å². The Hall–Kier alpha value is -2.43. The summed E-state index contributed by atoms with van der Waals surface area (Å²) >= 11 is 0. The summed E-state index contributed by atoms with van der Waals surface area (Å²) in [6, 6.07) is 11.2. The van der Waals surface area contributed by atoms with Crippen molar-refractivity contribution >= 4 is 11.6 Å². The van der Waals surface area contributed by atoms with E-state index in [-0.39, 0.29) is 11.3 Å². The van der Waals surface area contributed by atoms with Crippen LogP contribution in [-0.2, 0) is 16.8 Å². The number of nitrogens with zero attached hydrogens (tertiary/aromatic N) is 2. The Morgan fingerprint density at radius 3 is 2.60 bits per heavy atom. The van der Waals surface area contributed by atoms with E-state index in [1.807, 2.05) is 30.3 Å². The lowest BCUT2D eigenvalue weighted by Gasteiger charge is -2.15. The second-order valence-electron chi connectivity index (χ2n) is 5.10. The molecule has 3 N–H and O–H groups in total. The lowest BCUT2D eigenvalue weighted by molar-refractivity contribution is -0.123. The molecule has 0 spiro atoms. The van der Waals surface area contributed by atoms with E-state index in [2.05, 4.69) is 15.5 Å². The Kier molecular flexibility index (Phi) is 3.10. The van der Waals surface area contributed by atoms with Gasteiger partial charge in [-0.05, 0) is 42.7 Å². The van der Waals surface area contributed by atoms with Crippen molar-refractivity contribution in [1.82, 2.24) is 15.5 Å². The predicted octanol–water partition coefficient (Wildman–Crippen LogP) is 1.41. The molecule has 1 fully saturated rings. The van der Waals surface area contributed by atoms with Gasteiger partial charge >= 0.3 is 0 Å². The molecule has 1 aromatic heterocycles. The molecule has 0 saturated heterocycles. The van der Waals surface area contributed by atoms with E-state index >= 15 is 0 Å². The Bertz CT molecular complexity index is 606. The third-order valence-corrected chi connectivity index (χ3v) is 3.71. The number of benzene rings is 1. The maximum atomic E-state index is 12.4. The van der Waals surface area contributed by atoms with Crippen molar-refractivity contribution in [1.29, 1.82) is 0 Å². The highest BCUT2D eigenvalue weighted by Crippen LogP contribution is 2.48. The summed E-state index contributed by atoms with van der Waals surface area (Å²) in [4.78, 5) is 12.4. The van der Waals surface area contributed by atoms with Gasteiger partial charge in [0.2, 0.25) is 5.91 Å². The third-order valence-electron chi connectivity index (χ3n) is 3.71. The van der Waals surface area contributed by atoms with Gasteiger partial charge in [-0.25, -0.2) is 0 Å². The molecular formula is C15H16N4O. The van der Waals surface area contributed by atoms with Crippen LogP contribution in [0.2, 0.25) is 0 Å². The summed E-state index contributed by atoms with van der Waals surface area (Å²) in [5.41, 5.74) is 7.81. The van der Waals surface area contributed by atoms with Crippen LogP contribution in [0.15, 0.2) is 42.6 Å². The summed E-state index contributed by atoms with van der Waals surface area (Å²) in [7, 11) is 0. The topological polar surface area (TPSA) is 80.9 Å². The summed E-state index contributed by atoms with van der Waals surface area (Å²) in [5.74, 6) is 0.0490. The quantitative estimate of drug-likeness (QED) is 0.821. The zero-order valence-corrected chi connectivity index (χ0v) is 11.0. The largest absolute Gasteiger partial charge is 0.399 e. The zero-order valence-electron chi connectivity index (χ0n) is 11.0. The van der Waals surface area contributed by atoms with Crippen molar-refractivity contribution in [3.8, 4) is 0 Å². The van der Waals surface area contributed by atoms with Crippen LogP contribution < -0.4 is 11.1 Å².